The van der Waals surface area contributed by atoms with Crippen molar-refractivity contribution in [1.82, 2.24) is 10.2 Å². The van der Waals surface area contributed by atoms with Crippen LogP contribution in [0.4, 0.5) is 0 Å². The zero-order valence-corrected chi connectivity index (χ0v) is 15.0. The molecule has 0 aliphatic heterocycles. The molecule has 0 fully saturated rings. The van der Waals surface area contributed by atoms with Crippen LogP contribution in [-0.2, 0) is 4.74 Å². The van der Waals surface area contributed by atoms with Gasteiger partial charge in [0.05, 0.1) is 0 Å². The lowest BCUT2D eigenvalue weighted by molar-refractivity contribution is 0.0217. The van der Waals surface area contributed by atoms with E-state index in [1.54, 1.807) is 6.92 Å². The number of hydrogen-bond acceptors (Lipinski definition) is 5. The van der Waals surface area contributed by atoms with Crippen LogP contribution in [-0.4, -0.2) is 31.7 Å². The molecule has 0 radical (unpaired) electrons. The molecule has 0 spiro atoms. The fourth-order valence-electron chi connectivity index (χ4n) is 1.84. The molecule has 23 heavy (non-hydrogen) atoms. The maximum absolute atomic E-state index is 5.72. The minimum absolute atomic E-state index is 0. The highest BCUT2D eigenvalue weighted by atomic mass is 28.3. The number of nitrogens with zero attached hydrogens (tertiary/aromatic N) is 2. The zero-order valence-electron chi connectivity index (χ0n) is 14.0. The Balaban J connectivity index is 0.00000264. The van der Waals surface area contributed by atoms with Crippen LogP contribution >= 0.6 is 0 Å². The van der Waals surface area contributed by atoms with Crippen LogP contribution in [0, 0.1) is 13.8 Å². The molecular weight excluding hydrogens is 308 g/mol. The van der Waals surface area contributed by atoms with Gasteiger partial charge in [0.15, 0.2) is 6.79 Å². The van der Waals surface area contributed by atoms with Gasteiger partial charge >= 0.3 is 0 Å². The van der Waals surface area contributed by atoms with Gasteiger partial charge in [-0.25, -0.2) is 0 Å². The fraction of sp³-hybridized carbons (Fsp3) is 0.529. The molecule has 0 atom stereocenters. The molecule has 6 heteroatoms. The average molecular weight is 337 g/mol. The largest absolute Gasteiger partial charge is 0.467 e. The van der Waals surface area contributed by atoms with E-state index in [0.29, 0.717) is 11.8 Å². The number of rotatable bonds is 7. The van der Waals surface area contributed by atoms with Crippen molar-refractivity contribution >= 4 is 8.07 Å². The third-order valence-electron chi connectivity index (χ3n) is 3.26. The predicted molar refractivity (Wildman–Crippen MR) is 95.5 cm³/mol. The summed E-state index contributed by atoms with van der Waals surface area (Å²) >= 11 is 0. The Bertz CT molecular complexity index is 621. The first-order valence-corrected chi connectivity index (χ1v) is 11.2. The van der Waals surface area contributed by atoms with E-state index in [0.717, 1.165) is 29.5 Å². The Morgan fingerprint density at radius 3 is 2.48 bits per heavy atom. The Hall–Kier alpha value is -1.66. The van der Waals surface area contributed by atoms with Gasteiger partial charge in [-0.05, 0) is 30.7 Å². The van der Waals surface area contributed by atoms with Gasteiger partial charge in [0, 0.05) is 27.2 Å². The van der Waals surface area contributed by atoms with Gasteiger partial charge in [0.1, 0.15) is 5.75 Å². The first-order chi connectivity index (χ1) is 10.3. The van der Waals surface area contributed by atoms with Crippen molar-refractivity contribution in [1.29, 1.82) is 0 Å². The van der Waals surface area contributed by atoms with Gasteiger partial charge in [-0.3, -0.25) is 0 Å². The summed E-state index contributed by atoms with van der Waals surface area (Å²) in [6, 6.07) is 6.97. The van der Waals surface area contributed by atoms with Crippen molar-refractivity contribution < 1.29 is 13.9 Å². The van der Waals surface area contributed by atoms with E-state index in [9.17, 15) is 0 Å². The van der Waals surface area contributed by atoms with Crippen LogP contribution in [0.1, 0.15) is 18.9 Å². The molecule has 0 amide bonds. The molecule has 0 aliphatic rings. The molecule has 2 aromatic rings. The first-order valence-electron chi connectivity index (χ1n) is 7.47. The molecule has 0 N–H and O–H groups in total. The van der Waals surface area contributed by atoms with Gasteiger partial charge in [-0.15, -0.1) is 10.2 Å². The van der Waals surface area contributed by atoms with E-state index in [-0.39, 0.29) is 14.2 Å². The molecule has 0 unspecified atom stereocenters. The summed E-state index contributed by atoms with van der Waals surface area (Å²) in [6.45, 7) is 11.8. The van der Waals surface area contributed by atoms with E-state index < -0.39 is 8.07 Å². The SMILES string of the molecule is C.Cc1nnc(-c2ccc(C)c(OCOCC[Si](C)(C)C)c2)o1. The molecular formula is C17H28N2O3Si. The molecule has 128 valence electrons. The topological polar surface area (TPSA) is 57.4 Å². The van der Waals surface area contributed by atoms with Crippen molar-refractivity contribution in [3.05, 3.63) is 29.7 Å². The maximum atomic E-state index is 5.72. The third kappa shape index (κ3) is 6.15. The standard InChI is InChI=1S/C16H24N2O3Si.CH4/c1-12-6-7-14(16-18-17-13(2)21-16)10-15(12)20-11-19-8-9-22(3,4)5;/h6-7,10H,8-9,11H2,1-5H3;1H4. The summed E-state index contributed by atoms with van der Waals surface area (Å²) in [7, 11) is -1.06. The molecule has 0 saturated heterocycles. The Morgan fingerprint density at radius 2 is 1.87 bits per heavy atom. The van der Waals surface area contributed by atoms with Gasteiger partial charge in [0.2, 0.25) is 11.8 Å². The summed E-state index contributed by atoms with van der Waals surface area (Å²) < 4.78 is 16.7. The lowest BCUT2D eigenvalue weighted by Gasteiger charge is -2.16. The zero-order chi connectivity index (χ0) is 16.2. The molecule has 0 aliphatic carbocycles. The predicted octanol–water partition coefficient (Wildman–Crippen LogP) is 4.68. The average Bonchev–Trinajstić information content (AvgIpc) is 2.86. The minimum atomic E-state index is -1.06. The van der Waals surface area contributed by atoms with Crippen LogP contribution < -0.4 is 4.74 Å². The van der Waals surface area contributed by atoms with Crippen molar-refractivity contribution in [3.8, 4) is 17.2 Å². The third-order valence-corrected chi connectivity index (χ3v) is 4.96. The fourth-order valence-corrected chi connectivity index (χ4v) is 2.60. The van der Waals surface area contributed by atoms with Crippen molar-refractivity contribution in [2.45, 2.75) is 47.0 Å². The second-order valence-corrected chi connectivity index (χ2v) is 12.2. The summed E-state index contributed by atoms with van der Waals surface area (Å²) in [5.41, 5.74) is 1.90. The van der Waals surface area contributed by atoms with E-state index in [2.05, 4.69) is 29.8 Å². The summed E-state index contributed by atoms with van der Waals surface area (Å²) in [5, 5.41) is 7.87. The van der Waals surface area contributed by atoms with Gasteiger partial charge in [-0.1, -0.05) is 33.1 Å². The number of ether oxygens (including phenoxy) is 2. The number of benzene rings is 1. The van der Waals surface area contributed by atoms with Crippen molar-refractivity contribution in [3.63, 3.8) is 0 Å². The summed E-state index contributed by atoms with van der Waals surface area (Å²) in [6.07, 6.45) is 0. The van der Waals surface area contributed by atoms with Gasteiger partial charge in [-0.2, -0.15) is 0 Å². The second kappa shape index (κ2) is 8.26. The molecule has 2 rings (SSSR count). The lowest BCUT2D eigenvalue weighted by Crippen LogP contribution is -2.22. The maximum Gasteiger partial charge on any atom is 0.247 e. The van der Waals surface area contributed by atoms with Crippen LogP contribution in [0.2, 0.25) is 25.7 Å². The van der Waals surface area contributed by atoms with E-state index >= 15 is 0 Å². The van der Waals surface area contributed by atoms with Gasteiger partial charge in [0.25, 0.3) is 0 Å². The second-order valence-electron chi connectivity index (χ2n) is 6.59. The molecule has 1 aromatic heterocycles. The van der Waals surface area contributed by atoms with Crippen LogP contribution in [0.15, 0.2) is 22.6 Å². The molecule has 0 bridgehead atoms. The van der Waals surface area contributed by atoms with E-state index in [1.807, 2.05) is 25.1 Å². The smallest absolute Gasteiger partial charge is 0.247 e. The molecule has 1 aromatic carbocycles. The summed E-state index contributed by atoms with van der Waals surface area (Å²) in [4.78, 5) is 0. The monoisotopic (exact) mass is 336 g/mol. The number of aryl methyl sites for hydroxylation is 2. The Kier molecular flexibility index (Phi) is 6.96. The highest BCUT2D eigenvalue weighted by molar-refractivity contribution is 6.76. The Morgan fingerprint density at radius 1 is 1.13 bits per heavy atom. The summed E-state index contributed by atoms with van der Waals surface area (Å²) in [5.74, 6) is 1.83. The van der Waals surface area contributed by atoms with Crippen LogP contribution in [0.5, 0.6) is 5.75 Å². The number of aromatic nitrogens is 2. The van der Waals surface area contributed by atoms with E-state index in [1.165, 1.54) is 0 Å². The first kappa shape index (κ1) is 19.4. The van der Waals surface area contributed by atoms with Crippen LogP contribution in [0.25, 0.3) is 11.5 Å². The Labute approximate surface area is 140 Å². The van der Waals surface area contributed by atoms with Crippen molar-refractivity contribution in [2.75, 3.05) is 13.4 Å². The lowest BCUT2D eigenvalue weighted by atomic mass is 10.1. The minimum Gasteiger partial charge on any atom is -0.467 e. The highest BCUT2D eigenvalue weighted by Crippen LogP contribution is 2.26. The van der Waals surface area contributed by atoms with Crippen LogP contribution in [0.3, 0.4) is 0 Å². The quantitative estimate of drug-likeness (QED) is 0.417. The van der Waals surface area contributed by atoms with Gasteiger partial charge < -0.3 is 13.9 Å². The van der Waals surface area contributed by atoms with Crippen molar-refractivity contribution in [2.24, 2.45) is 0 Å². The molecule has 0 saturated carbocycles. The number of hydrogen-bond donors (Lipinski definition) is 0. The molecule has 1 heterocycles. The normalized spacial score (nSPS) is 11.2. The highest BCUT2D eigenvalue weighted by Gasteiger charge is 2.12. The van der Waals surface area contributed by atoms with E-state index in [4.69, 9.17) is 13.9 Å². The molecule has 5 nitrogen and oxygen atoms in total.